The Kier molecular flexibility index (Phi) is 5.91. The zero-order valence-corrected chi connectivity index (χ0v) is 15.6. The number of anilines is 1. The quantitative estimate of drug-likeness (QED) is 0.571. The monoisotopic (exact) mass is 352 g/mol. The van der Waals surface area contributed by atoms with Gasteiger partial charge in [0.05, 0.1) is 12.6 Å². The predicted molar refractivity (Wildman–Crippen MR) is 107 cm³/mol. The van der Waals surface area contributed by atoms with E-state index in [0.29, 0.717) is 19.0 Å². The molecule has 0 radical (unpaired) electrons. The summed E-state index contributed by atoms with van der Waals surface area (Å²) in [5, 5.41) is 13.4. The minimum absolute atomic E-state index is 0.293. The van der Waals surface area contributed by atoms with Gasteiger partial charge in [0.1, 0.15) is 0 Å². The number of β-amino-alcohol motifs (C(OH)–C–C–N with tert-alkyl or cyclic N) is 1. The largest absolute Gasteiger partial charge is 0.390 e. The molecule has 1 heterocycles. The summed E-state index contributed by atoms with van der Waals surface area (Å²) in [4.78, 5) is 6.56. The van der Waals surface area contributed by atoms with Crippen LogP contribution < -0.4 is 11.1 Å². The predicted octanol–water partition coefficient (Wildman–Crippen LogP) is 2.45. The van der Waals surface area contributed by atoms with Gasteiger partial charge in [-0.05, 0) is 54.7 Å². The van der Waals surface area contributed by atoms with E-state index in [1.54, 1.807) is 0 Å². The number of aryl methyl sites for hydroxylation is 2. The highest BCUT2D eigenvalue weighted by atomic mass is 16.3. The van der Waals surface area contributed by atoms with Gasteiger partial charge in [-0.25, -0.2) is 0 Å². The maximum absolute atomic E-state index is 10.3. The first kappa shape index (κ1) is 18.4. The van der Waals surface area contributed by atoms with Gasteiger partial charge >= 0.3 is 0 Å². The molecule has 26 heavy (non-hydrogen) atoms. The van der Waals surface area contributed by atoms with Crippen LogP contribution in [0.4, 0.5) is 5.69 Å². The van der Waals surface area contributed by atoms with E-state index in [1.165, 1.54) is 22.3 Å². The van der Waals surface area contributed by atoms with E-state index >= 15 is 0 Å². The molecule has 5 nitrogen and oxygen atoms in total. The number of hydrogen-bond acceptors (Lipinski definition) is 3. The lowest BCUT2D eigenvalue weighted by molar-refractivity contribution is 0.112. The molecule has 2 aromatic carbocycles. The van der Waals surface area contributed by atoms with E-state index in [2.05, 4.69) is 53.3 Å². The topological polar surface area (TPSA) is 73.9 Å². The summed E-state index contributed by atoms with van der Waals surface area (Å²) in [5.41, 5.74) is 12.1. The van der Waals surface area contributed by atoms with Crippen molar-refractivity contribution in [3.8, 4) is 0 Å². The molecular weight excluding hydrogens is 324 g/mol. The molecule has 0 amide bonds. The van der Waals surface area contributed by atoms with Crippen LogP contribution in [0.2, 0.25) is 0 Å². The van der Waals surface area contributed by atoms with Crippen molar-refractivity contribution in [1.29, 1.82) is 0 Å². The zero-order chi connectivity index (χ0) is 18.5. The Hall–Kier alpha value is -2.37. The van der Waals surface area contributed by atoms with Crippen LogP contribution in [0.1, 0.15) is 22.3 Å². The van der Waals surface area contributed by atoms with Crippen LogP contribution in [0.25, 0.3) is 0 Å². The van der Waals surface area contributed by atoms with E-state index in [0.717, 1.165) is 25.2 Å². The highest BCUT2D eigenvalue weighted by molar-refractivity contribution is 5.92. The van der Waals surface area contributed by atoms with Crippen molar-refractivity contribution >= 4 is 11.6 Å². The number of hydrogen-bond donors (Lipinski definition) is 3. The third kappa shape index (κ3) is 4.84. The van der Waals surface area contributed by atoms with Crippen molar-refractivity contribution in [1.82, 2.24) is 4.90 Å². The van der Waals surface area contributed by atoms with Crippen LogP contribution in [0.5, 0.6) is 0 Å². The molecule has 2 aromatic rings. The lowest BCUT2D eigenvalue weighted by Gasteiger charge is -2.30. The number of nitrogens with two attached hydrogens (primary N) is 1. The zero-order valence-electron chi connectivity index (χ0n) is 15.6. The van der Waals surface area contributed by atoms with Crippen LogP contribution in [0.15, 0.2) is 47.5 Å². The van der Waals surface area contributed by atoms with Gasteiger partial charge in [-0.3, -0.25) is 9.89 Å². The van der Waals surface area contributed by atoms with Crippen LogP contribution in [0.3, 0.4) is 0 Å². The Morgan fingerprint density at radius 1 is 1.19 bits per heavy atom. The third-order valence-electron chi connectivity index (χ3n) is 4.93. The minimum Gasteiger partial charge on any atom is -0.390 e. The number of aliphatic hydroxyl groups excluding tert-OH is 1. The van der Waals surface area contributed by atoms with Crippen molar-refractivity contribution in [2.75, 3.05) is 25.0 Å². The van der Waals surface area contributed by atoms with Gasteiger partial charge in [-0.2, -0.15) is 0 Å². The fourth-order valence-electron chi connectivity index (χ4n) is 3.28. The Morgan fingerprint density at radius 3 is 2.73 bits per heavy atom. The second kappa shape index (κ2) is 8.34. The molecule has 1 aliphatic rings. The molecule has 0 bridgehead atoms. The summed E-state index contributed by atoms with van der Waals surface area (Å²) < 4.78 is 0. The second-order valence-electron chi connectivity index (χ2n) is 7.06. The summed E-state index contributed by atoms with van der Waals surface area (Å²) in [6.07, 6.45) is 0.503. The van der Waals surface area contributed by atoms with Crippen LogP contribution in [-0.4, -0.2) is 41.7 Å². The molecule has 0 saturated carbocycles. The SMILES string of the molecule is Cc1ccc(NC(N)=NCC(O)CN2CCc3ccccc3C2)cc1C. The molecule has 0 aromatic heterocycles. The number of nitrogens with one attached hydrogen (secondary N) is 1. The number of rotatable bonds is 5. The summed E-state index contributed by atoms with van der Waals surface area (Å²) in [7, 11) is 0. The number of guanidine groups is 1. The Morgan fingerprint density at radius 2 is 1.96 bits per heavy atom. The van der Waals surface area contributed by atoms with Gasteiger partial charge < -0.3 is 16.2 Å². The molecule has 3 rings (SSSR count). The van der Waals surface area contributed by atoms with Gasteiger partial charge in [0.25, 0.3) is 0 Å². The number of aliphatic imine (C=N–C) groups is 1. The second-order valence-corrected chi connectivity index (χ2v) is 7.06. The normalized spacial score (nSPS) is 16.2. The molecule has 1 aliphatic heterocycles. The average molecular weight is 352 g/mol. The van der Waals surface area contributed by atoms with Crippen molar-refractivity contribution in [3.05, 3.63) is 64.7 Å². The highest BCUT2D eigenvalue weighted by Crippen LogP contribution is 2.18. The van der Waals surface area contributed by atoms with Crippen LogP contribution in [-0.2, 0) is 13.0 Å². The number of nitrogens with zero attached hydrogens (tertiary/aromatic N) is 2. The summed E-state index contributed by atoms with van der Waals surface area (Å²) in [6.45, 7) is 6.89. The first-order chi connectivity index (χ1) is 12.5. The fraction of sp³-hybridized carbons (Fsp3) is 0.381. The lowest BCUT2D eigenvalue weighted by atomic mass is 10.00. The molecule has 4 N–H and O–H groups in total. The summed E-state index contributed by atoms with van der Waals surface area (Å²) in [6, 6.07) is 14.6. The van der Waals surface area contributed by atoms with Crippen molar-refractivity contribution in [3.63, 3.8) is 0 Å². The minimum atomic E-state index is -0.527. The Balaban J connectivity index is 1.49. The molecule has 0 saturated heterocycles. The Labute approximate surface area is 155 Å². The van der Waals surface area contributed by atoms with Crippen molar-refractivity contribution in [2.24, 2.45) is 10.7 Å². The van der Waals surface area contributed by atoms with Gasteiger partial charge in [-0.1, -0.05) is 30.3 Å². The molecule has 0 spiro atoms. The van der Waals surface area contributed by atoms with Crippen LogP contribution in [0, 0.1) is 13.8 Å². The number of fused-ring (bicyclic) bond motifs is 1. The van der Waals surface area contributed by atoms with E-state index in [4.69, 9.17) is 5.73 Å². The lowest BCUT2D eigenvalue weighted by Crippen LogP contribution is -2.38. The molecule has 0 fully saturated rings. The highest BCUT2D eigenvalue weighted by Gasteiger charge is 2.18. The van der Waals surface area contributed by atoms with E-state index < -0.39 is 6.10 Å². The van der Waals surface area contributed by atoms with E-state index in [1.807, 2.05) is 18.2 Å². The smallest absolute Gasteiger partial charge is 0.193 e. The summed E-state index contributed by atoms with van der Waals surface area (Å²) in [5.74, 6) is 0.330. The van der Waals surface area contributed by atoms with Gasteiger partial charge in [0.2, 0.25) is 0 Å². The molecule has 1 unspecified atom stereocenters. The van der Waals surface area contributed by atoms with Crippen molar-refractivity contribution in [2.45, 2.75) is 32.9 Å². The first-order valence-corrected chi connectivity index (χ1v) is 9.12. The van der Waals surface area contributed by atoms with E-state index in [9.17, 15) is 5.11 Å². The maximum atomic E-state index is 10.3. The third-order valence-corrected chi connectivity index (χ3v) is 4.93. The first-order valence-electron chi connectivity index (χ1n) is 9.12. The van der Waals surface area contributed by atoms with E-state index in [-0.39, 0.29) is 0 Å². The molecule has 0 aliphatic carbocycles. The van der Waals surface area contributed by atoms with Gasteiger partial charge in [0.15, 0.2) is 5.96 Å². The number of aliphatic hydroxyl groups is 1. The van der Waals surface area contributed by atoms with Gasteiger partial charge in [-0.15, -0.1) is 0 Å². The van der Waals surface area contributed by atoms with Gasteiger partial charge in [0, 0.05) is 25.3 Å². The molecule has 5 heteroatoms. The average Bonchev–Trinajstić information content (AvgIpc) is 2.63. The molecule has 138 valence electrons. The molecule has 1 atom stereocenters. The summed E-state index contributed by atoms with van der Waals surface area (Å²) >= 11 is 0. The molecular formula is C21H28N4O. The number of benzene rings is 2. The fourth-order valence-corrected chi connectivity index (χ4v) is 3.28. The van der Waals surface area contributed by atoms with Crippen LogP contribution >= 0.6 is 0 Å². The maximum Gasteiger partial charge on any atom is 0.193 e. The Bertz CT molecular complexity index is 787. The van der Waals surface area contributed by atoms with Crippen molar-refractivity contribution < 1.29 is 5.11 Å². The standard InChI is InChI=1S/C21H28N4O/c1-15-7-8-19(11-16(15)2)24-21(22)23-12-20(26)14-25-10-9-17-5-3-4-6-18(17)13-25/h3-8,11,20,26H,9-10,12-14H2,1-2H3,(H3,22,23,24).